The van der Waals surface area contributed by atoms with Gasteiger partial charge in [-0.15, -0.1) is 0 Å². The summed E-state index contributed by atoms with van der Waals surface area (Å²) in [6, 6.07) is -0.0406. The minimum Gasteiger partial charge on any atom is -0.374 e. The van der Waals surface area contributed by atoms with Crippen LogP contribution in [0.5, 0.6) is 0 Å². The number of amides is 1. The molecule has 2 N–H and O–H groups in total. The predicted molar refractivity (Wildman–Crippen MR) is 68.9 cm³/mol. The third-order valence-electron chi connectivity index (χ3n) is 3.28. The molecule has 1 rings (SSSR count). The molecule has 0 spiro atoms. The van der Waals surface area contributed by atoms with Crippen molar-refractivity contribution in [1.29, 1.82) is 0 Å². The lowest BCUT2D eigenvalue weighted by atomic mass is 9.92. The fourth-order valence-electron chi connectivity index (χ4n) is 2.25. The van der Waals surface area contributed by atoms with Gasteiger partial charge in [-0.05, 0) is 46.1 Å². The molecule has 0 aromatic rings. The highest BCUT2D eigenvalue weighted by molar-refractivity contribution is 5.82. The van der Waals surface area contributed by atoms with E-state index in [1.165, 1.54) is 0 Å². The summed E-state index contributed by atoms with van der Waals surface area (Å²) in [5.74, 6) is 0.518. The van der Waals surface area contributed by atoms with Crippen molar-refractivity contribution in [2.75, 3.05) is 19.7 Å². The molecule has 0 bridgehead atoms. The molecule has 100 valence electrons. The molecule has 0 saturated carbocycles. The summed E-state index contributed by atoms with van der Waals surface area (Å²) in [4.78, 5) is 12.0. The second kappa shape index (κ2) is 6.36. The molecule has 17 heavy (non-hydrogen) atoms. The quantitative estimate of drug-likeness (QED) is 0.764. The van der Waals surface area contributed by atoms with Gasteiger partial charge in [0.2, 0.25) is 5.91 Å². The van der Waals surface area contributed by atoms with Crippen molar-refractivity contribution in [3.63, 3.8) is 0 Å². The van der Waals surface area contributed by atoms with Gasteiger partial charge in [-0.1, -0.05) is 6.92 Å². The Kier molecular flexibility index (Phi) is 5.40. The van der Waals surface area contributed by atoms with E-state index in [4.69, 9.17) is 4.74 Å². The first-order chi connectivity index (χ1) is 7.96. The lowest BCUT2D eigenvalue weighted by Crippen LogP contribution is -2.53. The van der Waals surface area contributed by atoms with Crippen LogP contribution in [0.25, 0.3) is 0 Å². The SMILES string of the molecule is CCOC(C)(C)CNC(=O)C1NCCCC1C. The number of carbonyl (C=O) groups excluding carboxylic acids is 1. The van der Waals surface area contributed by atoms with E-state index in [-0.39, 0.29) is 17.6 Å². The second-order valence-corrected chi connectivity index (χ2v) is 5.46. The van der Waals surface area contributed by atoms with Crippen LogP contribution in [0.3, 0.4) is 0 Å². The van der Waals surface area contributed by atoms with Crippen molar-refractivity contribution in [3.05, 3.63) is 0 Å². The van der Waals surface area contributed by atoms with Crippen LogP contribution in [0.4, 0.5) is 0 Å². The number of rotatable bonds is 5. The van der Waals surface area contributed by atoms with Gasteiger partial charge in [0.1, 0.15) is 0 Å². The molecule has 2 atom stereocenters. The molecule has 1 aliphatic rings. The van der Waals surface area contributed by atoms with E-state index in [9.17, 15) is 4.79 Å². The third-order valence-corrected chi connectivity index (χ3v) is 3.28. The van der Waals surface area contributed by atoms with E-state index in [0.29, 0.717) is 19.1 Å². The molecule has 1 fully saturated rings. The van der Waals surface area contributed by atoms with E-state index >= 15 is 0 Å². The fraction of sp³-hybridized carbons (Fsp3) is 0.923. The molecule has 1 amide bonds. The largest absolute Gasteiger partial charge is 0.374 e. The maximum Gasteiger partial charge on any atom is 0.237 e. The van der Waals surface area contributed by atoms with Crippen LogP contribution in [-0.4, -0.2) is 37.2 Å². The monoisotopic (exact) mass is 242 g/mol. The molecule has 4 heteroatoms. The molecule has 0 aliphatic carbocycles. The van der Waals surface area contributed by atoms with Crippen molar-refractivity contribution < 1.29 is 9.53 Å². The van der Waals surface area contributed by atoms with E-state index < -0.39 is 0 Å². The van der Waals surface area contributed by atoms with Crippen molar-refractivity contribution in [3.8, 4) is 0 Å². The van der Waals surface area contributed by atoms with Gasteiger partial charge in [-0.3, -0.25) is 4.79 Å². The number of hydrogen-bond acceptors (Lipinski definition) is 3. The van der Waals surface area contributed by atoms with Gasteiger partial charge in [-0.2, -0.15) is 0 Å². The van der Waals surface area contributed by atoms with Gasteiger partial charge in [-0.25, -0.2) is 0 Å². The standard InChI is InChI=1S/C13H26N2O2/c1-5-17-13(3,4)9-15-12(16)11-10(2)7-6-8-14-11/h10-11,14H,5-9H2,1-4H3,(H,15,16). The Labute approximate surface area is 104 Å². The zero-order valence-electron chi connectivity index (χ0n) is 11.5. The maximum absolute atomic E-state index is 12.0. The van der Waals surface area contributed by atoms with E-state index in [1.807, 2.05) is 20.8 Å². The minimum atomic E-state index is -0.289. The van der Waals surface area contributed by atoms with Crippen molar-refractivity contribution >= 4 is 5.91 Å². The number of nitrogens with one attached hydrogen (secondary N) is 2. The van der Waals surface area contributed by atoms with Crippen LogP contribution in [-0.2, 0) is 9.53 Å². The van der Waals surface area contributed by atoms with E-state index in [1.54, 1.807) is 0 Å². The van der Waals surface area contributed by atoms with Gasteiger partial charge >= 0.3 is 0 Å². The molecule has 2 unspecified atom stereocenters. The average Bonchev–Trinajstić information content (AvgIpc) is 2.27. The first kappa shape index (κ1) is 14.5. The highest BCUT2D eigenvalue weighted by atomic mass is 16.5. The Balaban J connectivity index is 2.38. The predicted octanol–water partition coefficient (Wildman–Crippen LogP) is 1.31. The third kappa shape index (κ3) is 4.64. The van der Waals surface area contributed by atoms with Gasteiger partial charge in [0.25, 0.3) is 0 Å². The zero-order chi connectivity index (χ0) is 12.9. The zero-order valence-corrected chi connectivity index (χ0v) is 11.5. The number of ether oxygens (including phenoxy) is 1. The highest BCUT2D eigenvalue weighted by Gasteiger charge is 2.28. The van der Waals surface area contributed by atoms with Gasteiger partial charge in [0.05, 0.1) is 11.6 Å². The first-order valence-electron chi connectivity index (χ1n) is 6.61. The Morgan fingerprint density at radius 3 is 2.82 bits per heavy atom. The topological polar surface area (TPSA) is 50.4 Å². The summed E-state index contributed by atoms with van der Waals surface area (Å²) in [6.45, 7) is 10.3. The lowest BCUT2D eigenvalue weighted by Gasteiger charge is -2.31. The van der Waals surface area contributed by atoms with E-state index in [0.717, 1.165) is 19.4 Å². The fourth-order valence-corrected chi connectivity index (χ4v) is 2.25. The second-order valence-electron chi connectivity index (χ2n) is 5.46. The average molecular weight is 242 g/mol. The number of hydrogen-bond donors (Lipinski definition) is 2. The van der Waals surface area contributed by atoms with Crippen LogP contribution in [0.1, 0.15) is 40.5 Å². The number of carbonyl (C=O) groups is 1. The Hall–Kier alpha value is -0.610. The molecule has 0 aromatic carbocycles. The van der Waals surface area contributed by atoms with Gasteiger partial charge in [0, 0.05) is 13.2 Å². The van der Waals surface area contributed by atoms with Gasteiger partial charge < -0.3 is 15.4 Å². The molecular weight excluding hydrogens is 216 g/mol. The molecule has 1 saturated heterocycles. The Bertz CT molecular complexity index is 254. The molecule has 0 radical (unpaired) electrons. The normalized spacial score (nSPS) is 25.6. The highest BCUT2D eigenvalue weighted by Crippen LogP contribution is 2.16. The molecule has 1 heterocycles. The summed E-state index contributed by atoms with van der Waals surface area (Å²) in [5, 5.41) is 6.27. The molecular formula is C13H26N2O2. The van der Waals surface area contributed by atoms with Gasteiger partial charge in [0.15, 0.2) is 0 Å². The van der Waals surface area contributed by atoms with Crippen LogP contribution in [0, 0.1) is 5.92 Å². The Morgan fingerprint density at radius 2 is 2.24 bits per heavy atom. The Morgan fingerprint density at radius 1 is 1.53 bits per heavy atom. The van der Waals surface area contributed by atoms with E-state index in [2.05, 4.69) is 17.6 Å². The van der Waals surface area contributed by atoms with Crippen LogP contribution < -0.4 is 10.6 Å². The van der Waals surface area contributed by atoms with Crippen molar-refractivity contribution in [1.82, 2.24) is 10.6 Å². The van der Waals surface area contributed by atoms with Crippen LogP contribution in [0.2, 0.25) is 0 Å². The van der Waals surface area contributed by atoms with Crippen LogP contribution >= 0.6 is 0 Å². The first-order valence-corrected chi connectivity index (χ1v) is 6.61. The summed E-state index contributed by atoms with van der Waals surface area (Å²) < 4.78 is 5.56. The van der Waals surface area contributed by atoms with Crippen molar-refractivity contribution in [2.45, 2.75) is 52.2 Å². The maximum atomic E-state index is 12.0. The summed E-state index contributed by atoms with van der Waals surface area (Å²) in [7, 11) is 0. The molecule has 1 aliphatic heterocycles. The summed E-state index contributed by atoms with van der Waals surface area (Å²) >= 11 is 0. The summed E-state index contributed by atoms with van der Waals surface area (Å²) in [6.07, 6.45) is 2.29. The number of piperidine rings is 1. The van der Waals surface area contributed by atoms with Crippen molar-refractivity contribution in [2.24, 2.45) is 5.92 Å². The lowest BCUT2D eigenvalue weighted by molar-refractivity contribution is -0.126. The minimum absolute atomic E-state index is 0.0406. The van der Waals surface area contributed by atoms with Crippen LogP contribution in [0.15, 0.2) is 0 Å². The summed E-state index contributed by atoms with van der Waals surface area (Å²) in [5.41, 5.74) is -0.289. The molecule has 4 nitrogen and oxygen atoms in total. The molecule has 0 aromatic heterocycles. The smallest absolute Gasteiger partial charge is 0.237 e.